The number of hydrogen-bond donors (Lipinski definition) is 1. The first-order chi connectivity index (χ1) is 10.0. The average Bonchev–Trinajstić information content (AvgIpc) is 2.46. The summed E-state index contributed by atoms with van der Waals surface area (Å²) in [6.07, 6.45) is 0. The number of nitrogens with one attached hydrogen (secondary N) is 1. The van der Waals surface area contributed by atoms with Crippen LogP contribution in [0.25, 0.3) is 0 Å². The summed E-state index contributed by atoms with van der Waals surface area (Å²) in [6, 6.07) is 10.7. The molecule has 0 amide bonds. The van der Waals surface area contributed by atoms with Gasteiger partial charge in [0.2, 0.25) is 0 Å². The van der Waals surface area contributed by atoms with E-state index in [4.69, 9.17) is 4.74 Å². The lowest BCUT2D eigenvalue weighted by Crippen LogP contribution is -2.14. The molecule has 0 aromatic heterocycles. The van der Waals surface area contributed by atoms with Crippen LogP contribution in [0, 0.1) is 5.82 Å². The van der Waals surface area contributed by atoms with Crippen molar-refractivity contribution >= 4 is 31.9 Å². The van der Waals surface area contributed by atoms with Crippen LogP contribution >= 0.6 is 31.9 Å². The third kappa shape index (κ3) is 4.28. The molecule has 0 fully saturated rings. The fraction of sp³-hybridized carbons (Fsp3) is 0.250. The number of halogens is 3. The highest BCUT2D eigenvalue weighted by Gasteiger charge is 2.11. The maximum Gasteiger partial charge on any atom is 0.124 e. The van der Waals surface area contributed by atoms with Crippen LogP contribution in [0.1, 0.15) is 24.1 Å². The molecule has 2 aromatic carbocycles. The van der Waals surface area contributed by atoms with Gasteiger partial charge >= 0.3 is 0 Å². The lowest BCUT2D eigenvalue weighted by atomic mass is 10.1. The molecule has 0 heterocycles. The summed E-state index contributed by atoms with van der Waals surface area (Å²) in [6.45, 7) is 2.45. The molecule has 0 saturated heterocycles. The first kappa shape index (κ1) is 16.5. The van der Waals surface area contributed by atoms with Gasteiger partial charge in [0.25, 0.3) is 0 Å². The van der Waals surface area contributed by atoms with Gasteiger partial charge in [-0.3, -0.25) is 0 Å². The second-order valence-electron chi connectivity index (χ2n) is 4.72. The molecular weight excluding hydrogens is 401 g/mol. The normalized spacial score (nSPS) is 12.2. The van der Waals surface area contributed by atoms with E-state index in [2.05, 4.69) is 44.1 Å². The molecule has 1 unspecified atom stereocenters. The second-order valence-corrected chi connectivity index (χ2v) is 6.49. The van der Waals surface area contributed by atoms with Crippen molar-refractivity contribution in [1.29, 1.82) is 0 Å². The Hall–Kier alpha value is -0.910. The van der Waals surface area contributed by atoms with E-state index < -0.39 is 0 Å². The fourth-order valence-corrected chi connectivity index (χ4v) is 2.78. The zero-order chi connectivity index (χ0) is 15.4. The van der Waals surface area contributed by atoms with Crippen LogP contribution in [-0.4, -0.2) is 7.05 Å². The zero-order valence-electron chi connectivity index (χ0n) is 11.8. The number of benzene rings is 2. The first-order valence-electron chi connectivity index (χ1n) is 6.54. The summed E-state index contributed by atoms with van der Waals surface area (Å²) in [5.74, 6) is 0.551. The van der Waals surface area contributed by atoms with E-state index in [1.807, 2.05) is 25.2 Å². The predicted molar refractivity (Wildman–Crippen MR) is 90.0 cm³/mol. The topological polar surface area (TPSA) is 21.3 Å². The molecule has 0 saturated carbocycles. The lowest BCUT2D eigenvalue weighted by Gasteiger charge is -2.17. The van der Waals surface area contributed by atoms with Crippen molar-refractivity contribution in [3.63, 3.8) is 0 Å². The maximum atomic E-state index is 13.1. The highest BCUT2D eigenvalue weighted by molar-refractivity contribution is 9.10. The van der Waals surface area contributed by atoms with Crippen LogP contribution < -0.4 is 10.1 Å². The molecule has 2 aromatic rings. The van der Waals surface area contributed by atoms with Crippen molar-refractivity contribution in [3.8, 4) is 5.75 Å². The molecular formula is C16H16Br2FNO. The van der Waals surface area contributed by atoms with Crippen molar-refractivity contribution < 1.29 is 9.13 Å². The molecule has 5 heteroatoms. The summed E-state index contributed by atoms with van der Waals surface area (Å²) in [5, 5.41) is 3.21. The van der Waals surface area contributed by atoms with Gasteiger partial charge in [-0.25, -0.2) is 4.39 Å². The minimum atomic E-state index is -0.265. The van der Waals surface area contributed by atoms with Crippen molar-refractivity contribution in [2.24, 2.45) is 0 Å². The Labute approximate surface area is 141 Å². The molecule has 112 valence electrons. The monoisotopic (exact) mass is 415 g/mol. The smallest absolute Gasteiger partial charge is 0.124 e. The highest BCUT2D eigenvalue weighted by atomic mass is 79.9. The van der Waals surface area contributed by atoms with Crippen LogP contribution in [0.15, 0.2) is 45.3 Å². The molecule has 0 spiro atoms. The first-order valence-corrected chi connectivity index (χ1v) is 8.13. The maximum absolute atomic E-state index is 13.1. The summed E-state index contributed by atoms with van der Waals surface area (Å²) in [4.78, 5) is 0. The molecule has 2 rings (SSSR count). The minimum absolute atomic E-state index is 0.175. The van der Waals surface area contributed by atoms with Crippen molar-refractivity contribution in [3.05, 3.63) is 62.3 Å². The van der Waals surface area contributed by atoms with E-state index in [1.54, 1.807) is 6.07 Å². The minimum Gasteiger partial charge on any atom is -0.489 e. The van der Waals surface area contributed by atoms with Crippen LogP contribution in [0.5, 0.6) is 5.75 Å². The molecule has 1 N–H and O–H groups in total. The molecule has 0 aliphatic heterocycles. The third-order valence-electron chi connectivity index (χ3n) is 3.27. The SMILES string of the molecule is CNC(C)c1cc(Br)ccc1OCc1ccc(F)cc1Br. The molecule has 0 bridgehead atoms. The van der Waals surface area contributed by atoms with E-state index in [-0.39, 0.29) is 11.9 Å². The van der Waals surface area contributed by atoms with Crippen LogP contribution in [0.4, 0.5) is 4.39 Å². The quantitative estimate of drug-likeness (QED) is 0.722. The van der Waals surface area contributed by atoms with E-state index in [0.717, 1.165) is 21.3 Å². The number of rotatable bonds is 5. The van der Waals surface area contributed by atoms with Crippen molar-refractivity contribution in [1.82, 2.24) is 5.32 Å². The fourth-order valence-electron chi connectivity index (χ4n) is 1.94. The average molecular weight is 417 g/mol. The van der Waals surface area contributed by atoms with Crippen molar-refractivity contribution in [2.45, 2.75) is 19.6 Å². The van der Waals surface area contributed by atoms with E-state index in [9.17, 15) is 4.39 Å². The van der Waals surface area contributed by atoms with Gasteiger partial charge in [-0.05, 0) is 44.3 Å². The molecule has 0 radical (unpaired) electrons. The summed E-state index contributed by atoms with van der Waals surface area (Å²) in [7, 11) is 1.91. The standard InChI is InChI=1S/C16H16Br2FNO/c1-10(20-2)14-7-12(17)4-6-16(14)21-9-11-3-5-13(19)8-15(11)18/h3-8,10,20H,9H2,1-2H3. The molecule has 0 aliphatic rings. The molecule has 1 atom stereocenters. The Morgan fingerprint density at radius 1 is 1.19 bits per heavy atom. The second kappa shape index (κ2) is 7.38. The highest BCUT2D eigenvalue weighted by Crippen LogP contribution is 2.29. The van der Waals surface area contributed by atoms with E-state index >= 15 is 0 Å². The Bertz CT molecular complexity index is 634. The Morgan fingerprint density at radius 2 is 1.95 bits per heavy atom. The number of hydrogen-bond acceptors (Lipinski definition) is 2. The summed E-state index contributed by atoms with van der Waals surface area (Å²) < 4.78 is 20.7. The van der Waals surface area contributed by atoms with Gasteiger partial charge < -0.3 is 10.1 Å². The predicted octanol–water partition coefficient (Wildman–Crippen LogP) is 5.21. The number of ether oxygens (including phenoxy) is 1. The van der Waals surface area contributed by atoms with Crippen LogP contribution in [-0.2, 0) is 6.61 Å². The van der Waals surface area contributed by atoms with Gasteiger partial charge in [0.1, 0.15) is 18.2 Å². The van der Waals surface area contributed by atoms with Gasteiger partial charge in [-0.1, -0.05) is 37.9 Å². The van der Waals surface area contributed by atoms with Crippen molar-refractivity contribution in [2.75, 3.05) is 7.05 Å². The molecule has 2 nitrogen and oxygen atoms in total. The Balaban J connectivity index is 2.19. The largest absolute Gasteiger partial charge is 0.489 e. The zero-order valence-corrected chi connectivity index (χ0v) is 15.0. The third-order valence-corrected chi connectivity index (χ3v) is 4.50. The lowest BCUT2D eigenvalue weighted by molar-refractivity contribution is 0.299. The van der Waals surface area contributed by atoms with E-state index in [1.165, 1.54) is 12.1 Å². The Kier molecular flexibility index (Phi) is 5.79. The van der Waals surface area contributed by atoms with Gasteiger partial charge in [-0.15, -0.1) is 0 Å². The summed E-state index contributed by atoms with van der Waals surface area (Å²) >= 11 is 6.83. The van der Waals surface area contributed by atoms with Gasteiger partial charge in [0.15, 0.2) is 0 Å². The molecule has 21 heavy (non-hydrogen) atoms. The van der Waals surface area contributed by atoms with Crippen LogP contribution in [0.3, 0.4) is 0 Å². The van der Waals surface area contributed by atoms with Gasteiger partial charge in [0, 0.05) is 26.1 Å². The van der Waals surface area contributed by atoms with E-state index in [0.29, 0.717) is 11.1 Å². The molecule has 0 aliphatic carbocycles. The Morgan fingerprint density at radius 3 is 2.62 bits per heavy atom. The summed E-state index contributed by atoms with van der Waals surface area (Å²) in [5.41, 5.74) is 1.98. The van der Waals surface area contributed by atoms with Gasteiger partial charge in [0.05, 0.1) is 0 Å². The van der Waals surface area contributed by atoms with Crippen LogP contribution in [0.2, 0.25) is 0 Å². The van der Waals surface area contributed by atoms with Gasteiger partial charge in [-0.2, -0.15) is 0 Å².